The van der Waals surface area contributed by atoms with Crippen molar-refractivity contribution in [1.29, 1.82) is 0 Å². The summed E-state index contributed by atoms with van der Waals surface area (Å²) in [5.74, 6) is -0.537. The second-order valence-electron chi connectivity index (χ2n) is 6.34. The van der Waals surface area contributed by atoms with Crippen molar-refractivity contribution in [2.75, 3.05) is 18.7 Å². The van der Waals surface area contributed by atoms with Crippen LogP contribution in [0.25, 0.3) is 11.2 Å². The summed E-state index contributed by atoms with van der Waals surface area (Å²) >= 11 is 0. The minimum atomic E-state index is -0.720. The fraction of sp³-hybridized carbons (Fsp3) is 0.533. The molecule has 2 aromatic heterocycles. The first-order valence-corrected chi connectivity index (χ1v) is 8.28. The maximum Gasteiger partial charge on any atom is 0.303 e. The van der Waals surface area contributed by atoms with Crippen molar-refractivity contribution >= 4 is 29.1 Å². The van der Waals surface area contributed by atoms with Crippen LogP contribution >= 0.6 is 0 Å². The highest BCUT2D eigenvalue weighted by Crippen LogP contribution is 2.39. The molecular formula is C15H18N6O6. The van der Waals surface area contributed by atoms with Gasteiger partial charge < -0.3 is 19.2 Å². The number of hydrazine groups is 1. The topological polar surface area (TPSA) is 141 Å². The minimum Gasteiger partial charge on any atom is -0.463 e. The van der Waals surface area contributed by atoms with Gasteiger partial charge in [0.05, 0.1) is 6.33 Å². The molecule has 1 saturated heterocycles. The molecule has 2 aromatic rings. The summed E-state index contributed by atoms with van der Waals surface area (Å²) in [7, 11) is 1.71. The Hall–Kier alpha value is -2.99. The quantitative estimate of drug-likeness (QED) is 0.628. The Morgan fingerprint density at radius 3 is 2.81 bits per heavy atom. The third-order valence-corrected chi connectivity index (χ3v) is 4.46. The van der Waals surface area contributed by atoms with Gasteiger partial charge in [0.25, 0.3) is 5.56 Å². The number of aromatic nitrogens is 4. The van der Waals surface area contributed by atoms with E-state index in [1.54, 1.807) is 16.6 Å². The summed E-state index contributed by atoms with van der Waals surface area (Å²) in [6, 6.07) is -0.495. The average molecular weight is 378 g/mol. The van der Waals surface area contributed by atoms with E-state index >= 15 is 0 Å². The molecule has 4 heterocycles. The molecule has 27 heavy (non-hydrogen) atoms. The highest BCUT2D eigenvalue weighted by Gasteiger charge is 2.52. The van der Waals surface area contributed by atoms with Crippen LogP contribution in [0, 0.1) is 0 Å². The number of rotatable bonds is 3. The lowest BCUT2D eigenvalue weighted by Gasteiger charge is -2.35. The second kappa shape index (κ2) is 6.32. The molecule has 12 nitrogen and oxygen atoms in total. The van der Waals surface area contributed by atoms with E-state index in [0.29, 0.717) is 11.6 Å². The summed E-state index contributed by atoms with van der Waals surface area (Å²) in [6.07, 6.45) is -0.799. The number of esters is 2. The van der Waals surface area contributed by atoms with Gasteiger partial charge in [-0.15, -0.1) is 0 Å². The first-order valence-electron chi connectivity index (χ1n) is 8.28. The summed E-state index contributed by atoms with van der Waals surface area (Å²) in [5.41, 5.74) is 3.28. The number of hydrogen-bond donors (Lipinski definition) is 2. The smallest absolute Gasteiger partial charge is 0.303 e. The number of nitrogens with one attached hydrogen (secondary N) is 2. The molecule has 0 aromatic carbocycles. The van der Waals surface area contributed by atoms with Crippen LogP contribution in [0.3, 0.4) is 0 Å². The number of carbonyl (C=O) groups is 2. The molecule has 1 fully saturated rings. The van der Waals surface area contributed by atoms with E-state index < -0.39 is 36.4 Å². The number of carbonyl (C=O) groups excluding carboxylic acids is 2. The zero-order valence-corrected chi connectivity index (χ0v) is 14.8. The van der Waals surface area contributed by atoms with Crippen molar-refractivity contribution in [3.63, 3.8) is 0 Å². The third-order valence-electron chi connectivity index (χ3n) is 4.46. The third kappa shape index (κ3) is 2.82. The Labute approximate surface area is 152 Å². The summed E-state index contributed by atoms with van der Waals surface area (Å²) in [4.78, 5) is 45.9. The van der Waals surface area contributed by atoms with Crippen molar-refractivity contribution in [3.8, 4) is 0 Å². The fourth-order valence-corrected chi connectivity index (χ4v) is 3.43. The molecule has 0 saturated carbocycles. The number of imidazole rings is 1. The number of anilines is 1. The number of H-pyrrole nitrogens is 1. The predicted octanol–water partition coefficient (Wildman–Crippen LogP) is -1.17. The standard InChI is InChI=1S/C15H18N6O6/c1-6(22)25-4-8-11(26-7(2)23)9-14(27-8)21-12-10(13(24)17-5-16-12)18-15(21)20(3)19-9/h5,8-9,11,14,19H,4H2,1-3H3,(H,16,17,24)/t8-,9+,11-,14-/m1/s1. The lowest BCUT2D eigenvalue weighted by Crippen LogP contribution is -2.56. The molecule has 12 heteroatoms. The molecule has 0 aliphatic carbocycles. The van der Waals surface area contributed by atoms with Gasteiger partial charge in [-0.2, -0.15) is 0 Å². The van der Waals surface area contributed by atoms with E-state index in [-0.39, 0.29) is 17.7 Å². The van der Waals surface area contributed by atoms with E-state index in [2.05, 4.69) is 20.4 Å². The molecule has 2 N–H and O–H groups in total. The van der Waals surface area contributed by atoms with Crippen LogP contribution in [0.2, 0.25) is 0 Å². The molecule has 0 spiro atoms. The molecule has 4 rings (SSSR count). The van der Waals surface area contributed by atoms with Crippen molar-refractivity contribution in [2.45, 2.75) is 38.3 Å². The van der Waals surface area contributed by atoms with Crippen molar-refractivity contribution in [1.82, 2.24) is 24.9 Å². The SMILES string of the molecule is CC(=O)OC[C@H]1O[C@@H]2[C@@H](NN(C)c3nc4c(=O)[nH]cnc4n32)[C@@H]1OC(C)=O. The number of ether oxygens (including phenoxy) is 3. The van der Waals surface area contributed by atoms with E-state index in [1.807, 2.05) is 0 Å². The highest BCUT2D eigenvalue weighted by atomic mass is 16.6. The molecule has 144 valence electrons. The minimum absolute atomic E-state index is 0.0817. The molecule has 0 unspecified atom stereocenters. The Morgan fingerprint density at radius 1 is 1.33 bits per heavy atom. The highest BCUT2D eigenvalue weighted by molar-refractivity contribution is 5.74. The molecule has 4 atom stereocenters. The van der Waals surface area contributed by atoms with Crippen LogP contribution in [0.5, 0.6) is 0 Å². The molecule has 2 aliphatic heterocycles. The van der Waals surface area contributed by atoms with Crippen molar-refractivity contribution in [3.05, 3.63) is 16.7 Å². The Kier molecular flexibility index (Phi) is 4.08. The summed E-state index contributed by atoms with van der Waals surface area (Å²) < 4.78 is 18.2. The number of fused-ring (bicyclic) bond motifs is 5. The van der Waals surface area contributed by atoms with Gasteiger partial charge in [0.2, 0.25) is 5.95 Å². The number of aromatic amines is 1. The zero-order valence-electron chi connectivity index (χ0n) is 14.8. The van der Waals surface area contributed by atoms with Gasteiger partial charge >= 0.3 is 11.9 Å². The number of hydrogen-bond acceptors (Lipinski definition) is 10. The first kappa shape index (κ1) is 17.4. The lowest BCUT2D eigenvalue weighted by atomic mass is 10.1. The van der Waals surface area contributed by atoms with Crippen molar-refractivity contribution < 1.29 is 23.8 Å². The van der Waals surface area contributed by atoms with E-state index in [4.69, 9.17) is 14.2 Å². The van der Waals surface area contributed by atoms with Crippen LogP contribution in [0.1, 0.15) is 20.1 Å². The van der Waals surface area contributed by atoms with E-state index in [9.17, 15) is 14.4 Å². The van der Waals surface area contributed by atoms with Gasteiger partial charge in [-0.3, -0.25) is 24.0 Å². The van der Waals surface area contributed by atoms with Crippen LogP contribution < -0.4 is 16.0 Å². The first-order chi connectivity index (χ1) is 12.9. The van der Waals surface area contributed by atoms with Crippen LogP contribution in [0.15, 0.2) is 11.1 Å². The predicted molar refractivity (Wildman–Crippen MR) is 89.6 cm³/mol. The fourth-order valence-electron chi connectivity index (χ4n) is 3.43. The molecule has 2 aliphatic rings. The summed E-state index contributed by atoms with van der Waals surface area (Å²) in [5, 5.41) is 1.61. The monoisotopic (exact) mass is 378 g/mol. The second-order valence-corrected chi connectivity index (χ2v) is 6.34. The van der Waals surface area contributed by atoms with Crippen molar-refractivity contribution in [2.24, 2.45) is 0 Å². The normalized spacial score (nSPS) is 26.6. The van der Waals surface area contributed by atoms with Crippen LogP contribution in [-0.2, 0) is 23.8 Å². The number of nitrogens with zero attached hydrogens (tertiary/aromatic N) is 4. The van der Waals surface area contributed by atoms with E-state index in [1.165, 1.54) is 20.2 Å². The van der Waals surface area contributed by atoms with Gasteiger partial charge in [0, 0.05) is 20.9 Å². The Bertz CT molecular complexity index is 969. The average Bonchev–Trinajstić information content (AvgIpc) is 3.13. The molecular weight excluding hydrogens is 360 g/mol. The van der Waals surface area contributed by atoms with Crippen LogP contribution in [-0.4, -0.2) is 63.4 Å². The Morgan fingerprint density at radius 2 is 2.11 bits per heavy atom. The Balaban J connectivity index is 1.77. The molecule has 0 radical (unpaired) electrons. The van der Waals surface area contributed by atoms with E-state index in [0.717, 1.165) is 0 Å². The zero-order chi connectivity index (χ0) is 19.3. The maximum atomic E-state index is 12.1. The molecule has 0 amide bonds. The summed E-state index contributed by atoms with van der Waals surface area (Å²) in [6.45, 7) is 2.50. The van der Waals surface area contributed by atoms with Gasteiger partial charge in [-0.25, -0.2) is 15.4 Å². The van der Waals surface area contributed by atoms with Gasteiger partial charge in [-0.05, 0) is 0 Å². The largest absolute Gasteiger partial charge is 0.463 e. The van der Waals surface area contributed by atoms with Crippen LogP contribution in [0.4, 0.5) is 5.95 Å². The van der Waals surface area contributed by atoms with Gasteiger partial charge in [0.1, 0.15) is 18.8 Å². The molecule has 0 bridgehead atoms. The lowest BCUT2D eigenvalue weighted by molar-refractivity contribution is -0.155. The van der Waals surface area contributed by atoms with Gasteiger partial charge in [-0.1, -0.05) is 0 Å². The maximum absolute atomic E-state index is 12.1. The van der Waals surface area contributed by atoms with Gasteiger partial charge in [0.15, 0.2) is 23.5 Å².